The summed E-state index contributed by atoms with van der Waals surface area (Å²) in [5.74, 6) is 5.61. The molecule has 3 heterocycles. The second-order valence-electron chi connectivity index (χ2n) is 11.3. The Balaban J connectivity index is 0.000000863. The molecule has 8 N–H and O–H groups in total. The molecule has 13 heteroatoms. The van der Waals surface area contributed by atoms with Gasteiger partial charge in [0.05, 0.1) is 47.1 Å². The van der Waals surface area contributed by atoms with Gasteiger partial charge in [0.2, 0.25) is 0 Å². The molecule has 13 nitrogen and oxygen atoms in total. The fourth-order valence-corrected chi connectivity index (χ4v) is 5.39. The largest absolute Gasteiger partial charge is 0.481 e. The minimum Gasteiger partial charge on any atom is -0.481 e. The zero-order valence-electron chi connectivity index (χ0n) is 28.9. The number of carboxylic acid groups (broad SMARTS) is 1. The maximum Gasteiger partial charge on any atom is 0.323 e. The van der Waals surface area contributed by atoms with E-state index < -0.39 is 12.0 Å². The summed E-state index contributed by atoms with van der Waals surface area (Å²) in [6.45, 7) is 13.0. The lowest BCUT2D eigenvalue weighted by Gasteiger charge is -2.18. The van der Waals surface area contributed by atoms with Gasteiger partial charge < -0.3 is 31.8 Å². The Labute approximate surface area is 279 Å². The smallest absolute Gasteiger partial charge is 0.323 e. The van der Waals surface area contributed by atoms with Gasteiger partial charge in [-0.3, -0.25) is 9.78 Å². The Morgan fingerprint density at radius 2 is 1.81 bits per heavy atom. The van der Waals surface area contributed by atoms with Crippen LogP contribution in [-0.4, -0.2) is 61.3 Å². The van der Waals surface area contributed by atoms with E-state index in [4.69, 9.17) is 16.7 Å². The van der Waals surface area contributed by atoms with Crippen molar-refractivity contribution < 1.29 is 14.7 Å². The van der Waals surface area contributed by atoms with Crippen molar-refractivity contribution in [2.24, 2.45) is 11.6 Å². The van der Waals surface area contributed by atoms with Crippen LogP contribution in [0.3, 0.4) is 0 Å². The Hall–Kier alpha value is -4.23. The molecule has 3 aromatic rings. The number of amides is 2. The molecular weight excluding hydrogens is 596 g/mol. The molecular formula is C34H56N10O3. The van der Waals surface area contributed by atoms with Crippen LogP contribution in [0.2, 0.25) is 0 Å². The molecule has 0 aliphatic heterocycles. The van der Waals surface area contributed by atoms with Crippen molar-refractivity contribution in [1.82, 2.24) is 29.9 Å². The number of unbranched alkanes of at least 4 members (excludes halogenated alkanes) is 3. The average molecular weight is 653 g/mol. The molecule has 0 saturated heterocycles. The van der Waals surface area contributed by atoms with Crippen LogP contribution in [0.5, 0.6) is 0 Å². The molecule has 0 atom stereocenters. The summed E-state index contributed by atoms with van der Waals surface area (Å²) >= 11 is 0. The van der Waals surface area contributed by atoms with E-state index in [0.717, 1.165) is 74.9 Å². The number of urea groups is 1. The van der Waals surface area contributed by atoms with Gasteiger partial charge in [-0.25, -0.2) is 20.1 Å². The van der Waals surface area contributed by atoms with Crippen molar-refractivity contribution in [2.45, 2.75) is 105 Å². The zero-order chi connectivity index (χ0) is 34.6. The molecule has 0 unspecified atom stereocenters. The van der Waals surface area contributed by atoms with Crippen molar-refractivity contribution in [3.05, 3.63) is 53.9 Å². The predicted molar refractivity (Wildman–Crippen MR) is 190 cm³/mol. The SMILES string of the molecule is CC.CCCNCC.Cc1cc(NC(=O)Nc2cnc3ccnn3c2C2CCCC2)cnc1/C(N)=C/N(N)CCCCCCC(=O)O. The Kier molecular flexibility index (Phi) is 17.9. The highest BCUT2D eigenvalue weighted by Gasteiger charge is 2.24. The van der Waals surface area contributed by atoms with E-state index in [1.165, 1.54) is 11.4 Å². The van der Waals surface area contributed by atoms with Gasteiger partial charge >= 0.3 is 12.0 Å². The van der Waals surface area contributed by atoms with Gasteiger partial charge in [-0.1, -0.05) is 53.4 Å². The lowest BCUT2D eigenvalue weighted by Crippen LogP contribution is -2.27. The molecule has 3 aromatic heterocycles. The third-order valence-electron chi connectivity index (χ3n) is 7.59. The second kappa shape index (κ2) is 21.5. The number of fused-ring (bicyclic) bond motifs is 1. The third-order valence-corrected chi connectivity index (χ3v) is 7.59. The average Bonchev–Trinajstić information content (AvgIpc) is 3.76. The van der Waals surface area contributed by atoms with Gasteiger partial charge in [0.15, 0.2) is 5.65 Å². The molecule has 4 rings (SSSR count). The second-order valence-corrected chi connectivity index (χ2v) is 11.3. The number of aromatic nitrogens is 4. The lowest BCUT2D eigenvalue weighted by atomic mass is 10.0. The number of hydrogen-bond acceptors (Lipinski definition) is 9. The highest BCUT2D eigenvalue weighted by Crippen LogP contribution is 2.37. The number of carbonyl (C=O) groups excluding carboxylic acids is 1. The Morgan fingerprint density at radius 3 is 2.45 bits per heavy atom. The minimum atomic E-state index is -0.770. The van der Waals surface area contributed by atoms with Crippen LogP contribution in [0.1, 0.15) is 115 Å². The molecule has 260 valence electrons. The number of pyridine rings is 1. The number of hydrogen-bond donors (Lipinski definition) is 6. The highest BCUT2D eigenvalue weighted by molar-refractivity contribution is 6.00. The summed E-state index contributed by atoms with van der Waals surface area (Å²) < 4.78 is 1.82. The van der Waals surface area contributed by atoms with Crippen LogP contribution in [0, 0.1) is 6.92 Å². The minimum absolute atomic E-state index is 0.191. The van der Waals surface area contributed by atoms with Crippen molar-refractivity contribution in [3.63, 3.8) is 0 Å². The van der Waals surface area contributed by atoms with Crippen molar-refractivity contribution in [1.29, 1.82) is 0 Å². The van der Waals surface area contributed by atoms with Crippen LogP contribution in [-0.2, 0) is 4.79 Å². The van der Waals surface area contributed by atoms with E-state index in [-0.39, 0.29) is 6.42 Å². The van der Waals surface area contributed by atoms with Crippen LogP contribution in [0.4, 0.5) is 16.2 Å². The molecule has 47 heavy (non-hydrogen) atoms. The first kappa shape index (κ1) is 39.0. The Bertz CT molecular complexity index is 1400. The quantitative estimate of drug-likeness (QED) is 0.0623. The van der Waals surface area contributed by atoms with E-state index >= 15 is 0 Å². The van der Waals surface area contributed by atoms with Crippen LogP contribution in [0.15, 0.2) is 36.9 Å². The molecule has 1 fully saturated rings. The first-order chi connectivity index (χ1) is 22.7. The summed E-state index contributed by atoms with van der Waals surface area (Å²) in [7, 11) is 0. The standard InChI is InChI=1S/C27H37N9O3.C5H13N.C2H6/c1-18-14-20(15-31-25(18)21(28)17-35(29)13-7-3-2-4-10-24(37)38)33-27(39)34-22-16-30-23-11-12-32-36(23)26(22)19-8-5-6-9-19;1-3-5-6-4-2;1-2/h11-12,14-17,19H,2-10,13,28-29H2,1H3,(H,37,38)(H2,33,34,39);6H,3-5H2,1-2H3;1-2H3/b21-17-;;. The number of nitrogens with one attached hydrogen (secondary N) is 3. The topological polar surface area (TPSA) is 189 Å². The normalized spacial score (nSPS) is 12.9. The van der Waals surface area contributed by atoms with E-state index in [1.54, 1.807) is 30.9 Å². The van der Waals surface area contributed by atoms with Crippen molar-refractivity contribution >= 4 is 34.7 Å². The number of hydrazine groups is 1. The number of carboxylic acids is 1. The van der Waals surface area contributed by atoms with E-state index in [1.807, 2.05) is 31.4 Å². The van der Waals surface area contributed by atoms with Gasteiger partial charge in [-0.2, -0.15) is 5.10 Å². The molecule has 0 spiro atoms. The van der Waals surface area contributed by atoms with Gasteiger partial charge in [-0.05, 0) is 63.7 Å². The van der Waals surface area contributed by atoms with Crippen molar-refractivity contribution in [2.75, 3.05) is 30.3 Å². The van der Waals surface area contributed by atoms with Gasteiger partial charge in [-0.15, -0.1) is 0 Å². The molecule has 1 saturated carbocycles. The maximum atomic E-state index is 12.9. The summed E-state index contributed by atoms with van der Waals surface area (Å²) in [5, 5.41) is 23.6. The van der Waals surface area contributed by atoms with E-state index in [0.29, 0.717) is 41.6 Å². The summed E-state index contributed by atoms with van der Waals surface area (Å²) in [6.07, 6.45) is 15.7. The van der Waals surface area contributed by atoms with Crippen LogP contribution >= 0.6 is 0 Å². The summed E-state index contributed by atoms with van der Waals surface area (Å²) in [4.78, 5) is 32.4. The number of anilines is 2. The van der Waals surface area contributed by atoms with Gasteiger partial charge in [0.25, 0.3) is 0 Å². The lowest BCUT2D eigenvalue weighted by molar-refractivity contribution is -0.137. The Morgan fingerprint density at radius 1 is 1.09 bits per heavy atom. The van der Waals surface area contributed by atoms with Gasteiger partial charge in [0.1, 0.15) is 0 Å². The number of rotatable bonds is 15. The first-order valence-electron chi connectivity index (χ1n) is 17.0. The number of aliphatic carboxylic acids is 1. The maximum absolute atomic E-state index is 12.9. The molecule has 0 aromatic carbocycles. The third kappa shape index (κ3) is 13.2. The molecule has 0 bridgehead atoms. The fourth-order valence-electron chi connectivity index (χ4n) is 5.39. The fraction of sp³-hybridized carbons (Fsp3) is 0.559. The predicted octanol–water partition coefficient (Wildman–Crippen LogP) is 6.23. The zero-order valence-corrected chi connectivity index (χ0v) is 28.9. The van der Waals surface area contributed by atoms with Gasteiger partial charge in [0, 0.05) is 31.1 Å². The number of nitrogens with two attached hydrogens (primary N) is 2. The number of aryl methyl sites for hydroxylation is 1. The summed E-state index contributed by atoms with van der Waals surface area (Å²) in [5.41, 5.74) is 10.9. The van der Waals surface area contributed by atoms with Crippen LogP contribution in [0.25, 0.3) is 11.3 Å². The van der Waals surface area contributed by atoms with E-state index in [2.05, 4.69) is 44.9 Å². The summed E-state index contributed by atoms with van der Waals surface area (Å²) in [6, 6.07) is 3.27. The molecule has 0 radical (unpaired) electrons. The van der Waals surface area contributed by atoms with Crippen LogP contribution < -0.4 is 27.5 Å². The monoisotopic (exact) mass is 652 g/mol. The highest BCUT2D eigenvalue weighted by atomic mass is 16.4. The van der Waals surface area contributed by atoms with E-state index in [9.17, 15) is 9.59 Å². The molecule has 2 amide bonds. The number of carbonyl (C=O) groups is 2. The molecule has 1 aliphatic rings. The molecule has 1 aliphatic carbocycles. The van der Waals surface area contributed by atoms with Crippen molar-refractivity contribution in [3.8, 4) is 0 Å². The number of nitrogens with zero attached hydrogens (tertiary/aromatic N) is 5. The first-order valence-corrected chi connectivity index (χ1v) is 17.0.